The lowest BCUT2D eigenvalue weighted by atomic mass is 9.88. The lowest BCUT2D eigenvalue weighted by molar-refractivity contribution is -0.138. The predicted octanol–water partition coefficient (Wildman–Crippen LogP) is 6.76. The molecule has 0 aliphatic heterocycles. The Bertz CT molecular complexity index is 1050. The molecule has 0 saturated heterocycles. The van der Waals surface area contributed by atoms with E-state index in [0.717, 1.165) is 42.5 Å². The Morgan fingerprint density at radius 3 is 2.47 bits per heavy atom. The number of benzene rings is 1. The number of Topliss-reactive ketones (excluding diaryl/α,β-unsaturated/α-hetero) is 1. The maximum Gasteiger partial charge on any atom is 0.303 e. The summed E-state index contributed by atoms with van der Waals surface area (Å²) in [5.41, 5.74) is 2.52. The van der Waals surface area contributed by atoms with Gasteiger partial charge in [0.25, 0.3) is 0 Å². The van der Waals surface area contributed by atoms with Crippen LogP contribution in [0.2, 0.25) is 0 Å². The Morgan fingerprint density at radius 2 is 1.88 bits per heavy atom. The number of carboxylic acid groups (broad SMARTS) is 1. The highest BCUT2D eigenvalue weighted by atomic mass is 32.1. The molecule has 2 aromatic heterocycles. The fourth-order valence-electron chi connectivity index (χ4n) is 4.61. The number of aromatic nitrogens is 2. The van der Waals surface area contributed by atoms with E-state index in [2.05, 4.69) is 49.8 Å². The molecule has 0 aliphatic rings. The standard InChI is InChI=1S/C26H34N2O3S/c1-5-20(6-2)28-23-10-9-19(24(29)13-18(12-17(3)4)14-26(30)31)15-22(23)27-25(28)16-21-8-7-11-32-21/h7-11,15,17-18,20H,5-6,12-14,16H2,1-4H3,(H,30,31)/t18-/m0/s1. The third-order valence-electron chi connectivity index (χ3n) is 6.05. The van der Waals surface area contributed by atoms with Crippen molar-refractivity contribution in [3.63, 3.8) is 0 Å². The summed E-state index contributed by atoms with van der Waals surface area (Å²) in [6.07, 6.45) is 3.83. The second kappa shape index (κ2) is 10.9. The van der Waals surface area contributed by atoms with Crippen LogP contribution in [0, 0.1) is 11.8 Å². The van der Waals surface area contributed by atoms with Crippen LogP contribution in [-0.4, -0.2) is 26.4 Å². The van der Waals surface area contributed by atoms with E-state index >= 15 is 0 Å². The van der Waals surface area contributed by atoms with Gasteiger partial charge in [0.05, 0.1) is 11.0 Å². The highest BCUT2D eigenvalue weighted by Gasteiger charge is 2.22. The molecule has 0 radical (unpaired) electrons. The highest BCUT2D eigenvalue weighted by Crippen LogP contribution is 2.29. The Hall–Kier alpha value is -2.47. The van der Waals surface area contributed by atoms with Crippen LogP contribution in [0.1, 0.15) is 86.9 Å². The molecule has 0 fully saturated rings. The summed E-state index contributed by atoms with van der Waals surface area (Å²) in [7, 11) is 0. The number of nitrogens with zero attached hydrogens (tertiary/aromatic N) is 2. The minimum Gasteiger partial charge on any atom is -0.481 e. The van der Waals surface area contributed by atoms with Crippen LogP contribution in [-0.2, 0) is 11.2 Å². The normalized spacial score (nSPS) is 12.7. The van der Waals surface area contributed by atoms with Crippen LogP contribution in [0.4, 0.5) is 0 Å². The number of imidazole rings is 1. The first-order chi connectivity index (χ1) is 15.3. The Labute approximate surface area is 194 Å². The van der Waals surface area contributed by atoms with Gasteiger partial charge in [-0.3, -0.25) is 9.59 Å². The predicted molar refractivity (Wildman–Crippen MR) is 131 cm³/mol. The number of thiophene rings is 1. The minimum absolute atomic E-state index is 0.00399. The van der Waals surface area contributed by atoms with Crippen LogP contribution in [0.5, 0.6) is 0 Å². The molecule has 0 unspecified atom stereocenters. The molecule has 1 atom stereocenters. The number of carboxylic acids is 1. The van der Waals surface area contributed by atoms with E-state index in [4.69, 9.17) is 4.98 Å². The molecule has 0 saturated carbocycles. The lowest BCUT2D eigenvalue weighted by Gasteiger charge is -2.19. The van der Waals surface area contributed by atoms with Gasteiger partial charge < -0.3 is 9.67 Å². The van der Waals surface area contributed by atoms with Crippen molar-refractivity contribution in [2.24, 2.45) is 11.8 Å². The molecule has 6 heteroatoms. The summed E-state index contributed by atoms with van der Waals surface area (Å²) in [4.78, 5) is 30.5. The maximum atomic E-state index is 13.0. The molecule has 0 amide bonds. The van der Waals surface area contributed by atoms with Crippen molar-refractivity contribution >= 4 is 34.1 Å². The van der Waals surface area contributed by atoms with Gasteiger partial charge >= 0.3 is 5.97 Å². The number of hydrogen-bond donors (Lipinski definition) is 1. The molecule has 0 aliphatic carbocycles. The molecule has 0 spiro atoms. The number of aliphatic carboxylic acids is 1. The molecule has 1 aromatic carbocycles. The molecular weight excluding hydrogens is 420 g/mol. The van der Waals surface area contributed by atoms with Gasteiger partial charge in [-0.1, -0.05) is 33.8 Å². The van der Waals surface area contributed by atoms with E-state index in [0.29, 0.717) is 17.5 Å². The second-order valence-electron chi connectivity index (χ2n) is 9.05. The number of fused-ring (bicyclic) bond motifs is 1. The summed E-state index contributed by atoms with van der Waals surface area (Å²) >= 11 is 1.73. The number of rotatable bonds is 12. The number of ketones is 1. The Morgan fingerprint density at radius 1 is 1.12 bits per heavy atom. The van der Waals surface area contributed by atoms with Gasteiger partial charge in [-0.05, 0) is 60.7 Å². The van der Waals surface area contributed by atoms with Gasteiger partial charge in [-0.25, -0.2) is 4.98 Å². The monoisotopic (exact) mass is 454 g/mol. The van der Waals surface area contributed by atoms with Gasteiger partial charge in [-0.15, -0.1) is 11.3 Å². The largest absolute Gasteiger partial charge is 0.481 e. The van der Waals surface area contributed by atoms with E-state index in [1.807, 2.05) is 18.2 Å². The highest BCUT2D eigenvalue weighted by molar-refractivity contribution is 7.09. The van der Waals surface area contributed by atoms with Crippen molar-refractivity contribution < 1.29 is 14.7 Å². The van der Waals surface area contributed by atoms with E-state index in [1.54, 1.807) is 11.3 Å². The smallest absolute Gasteiger partial charge is 0.303 e. The van der Waals surface area contributed by atoms with Gasteiger partial charge in [0.2, 0.25) is 0 Å². The number of carbonyl (C=O) groups excluding carboxylic acids is 1. The van der Waals surface area contributed by atoms with Crippen LogP contribution in [0.15, 0.2) is 35.7 Å². The summed E-state index contributed by atoms with van der Waals surface area (Å²) in [6.45, 7) is 8.52. The number of hydrogen-bond acceptors (Lipinski definition) is 4. The molecule has 3 aromatic rings. The van der Waals surface area contributed by atoms with E-state index < -0.39 is 5.97 Å². The first-order valence-corrected chi connectivity index (χ1v) is 12.5. The van der Waals surface area contributed by atoms with Crippen LogP contribution in [0.25, 0.3) is 11.0 Å². The van der Waals surface area contributed by atoms with E-state index in [9.17, 15) is 14.7 Å². The summed E-state index contributed by atoms with van der Waals surface area (Å²) < 4.78 is 2.34. The molecular formula is C26H34N2O3S. The van der Waals surface area contributed by atoms with Gasteiger partial charge in [0.1, 0.15) is 5.82 Å². The minimum atomic E-state index is -0.846. The first kappa shape index (κ1) is 24.2. The molecule has 2 heterocycles. The summed E-state index contributed by atoms with van der Waals surface area (Å²) in [6, 6.07) is 10.3. The van der Waals surface area contributed by atoms with E-state index in [1.165, 1.54) is 4.88 Å². The van der Waals surface area contributed by atoms with Gasteiger partial charge in [0.15, 0.2) is 5.78 Å². The topological polar surface area (TPSA) is 72.2 Å². The Kier molecular flexibility index (Phi) is 8.24. The average molecular weight is 455 g/mol. The summed E-state index contributed by atoms with van der Waals surface area (Å²) in [5.74, 6) is 0.387. The third kappa shape index (κ3) is 5.85. The van der Waals surface area contributed by atoms with Crippen molar-refractivity contribution in [3.8, 4) is 0 Å². The Balaban J connectivity index is 1.93. The molecule has 0 bridgehead atoms. The molecule has 1 N–H and O–H groups in total. The van der Waals surface area contributed by atoms with E-state index in [-0.39, 0.29) is 24.5 Å². The van der Waals surface area contributed by atoms with Crippen molar-refractivity contribution in [1.29, 1.82) is 0 Å². The fourth-order valence-corrected chi connectivity index (χ4v) is 5.31. The SMILES string of the molecule is CCC(CC)n1c(Cc2cccs2)nc2cc(C(=O)C[C@@H](CC(=O)O)CC(C)C)ccc21. The molecule has 32 heavy (non-hydrogen) atoms. The first-order valence-electron chi connectivity index (χ1n) is 11.6. The van der Waals surface area contributed by atoms with Crippen molar-refractivity contribution in [1.82, 2.24) is 9.55 Å². The lowest BCUT2D eigenvalue weighted by Crippen LogP contribution is -2.15. The zero-order chi connectivity index (χ0) is 23.3. The maximum absolute atomic E-state index is 13.0. The zero-order valence-electron chi connectivity index (χ0n) is 19.5. The summed E-state index contributed by atoms with van der Waals surface area (Å²) in [5, 5.41) is 11.3. The third-order valence-corrected chi connectivity index (χ3v) is 6.92. The van der Waals surface area contributed by atoms with Crippen molar-refractivity contribution in [2.45, 2.75) is 72.3 Å². The van der Waals surface area contributed by atoms with Crippen molar-refractivity contribution in [3.05, 3.63) is 52.0 Å². The van der Waals surface area contributed by atoms with Crippen LogP contribution in [0.3, 0.4) is 0 Å². The molecule has 3 rings (SSSR count). The van der Waals surface area contributed by atoms with Gasteiger partial charge in [-0.2, -0.15) is 0 Å². The van der Waals surface area contributed by atoms with Crippen LogP contribution >= 0.6 is 11.3 Å². The average Bonchev–Trinajstić information content (AvgIpc) is 3.36. The fraction of sp³-hybridized carbons (Fsp3) is 0.500. The quantitative estimate of drug-likeness (QED) is 0.307. The van der Waals surface area contributed by atoms with Gasteiger partial charge in [0, 0.05) is 35.7 Å². The number of carbonyl (C=O) groups is 2. The van der Waals surface area contributed by atoms with Crippen LogP contribution < -0.4 is 0 Å². The molecule has 172 valence electrons. The second-order valence-corrected chi connectivity index (χ2v) is 10.1. The van der Waals surface area contributed by atoms with Crippen molar-refractivity contribution in [2.75, 3.05) is 0 Å². The zero-order valence-corrected chi connectivity index (χ0v) is 20.3. The molecule has 5 nitrogen and oxygen atoms in total.